The van der Waals surface area contributed by atoms with Gasteiger partial charge in [-0.3, -0.25) is 14.5 Å². The highest BCUT2D eigenvalue weighted by Crippen LogP contribution is 2.33. The molecule has 162 valence electrons. The molecule has 32 heavy (non-hydrogen) atoms. The van der Waals surface area contributed by atoms with E-state index in [1.807, 2.05) is 60.7 Å². The van der Waals surface area contributed by atoms with Crippen LogP contribution >= 0.6 is 0 Å². The minimum absolute atomic E-state index is 0.277. The van der Waals surface area contributed by atoms with Gasteiger partial charge in [-0.2, -0.15) is 0 Å². The minimum Gasteiger partial charge on any atom is -0.497 e. The molecule has 4 amide bonds. The van der Waals surface area contributed by atoms with Crippen LogP contribution in [0.5, 0.6) is 5.75 Å². The number of nitrogens with zero attached hydrogens (tertiary/aromatic N) is 1. The lowest BCUT2D eigenvalue weighted by Gasteiger charge is -2.27. The molecule has 1 heterocycles. The molecule has 0 saturated carbocycles. The molecule has 4 rings (SSSR count). The fourth-order valence-corrected chi connectivity index (χ4v) is 3.83. The second-order valence-corrected chi connectivity index (χ2v) is 7.53. The van der Waals surface area contributed by atoms with Crippen LogP contribution in [0.4, 0.5) is 10.5 Å². The second-order valence-electron chi connectivity index (χ2n) is 7.53. The summed E-state index contributed by atoms with van der Waals surface area (Å²) in [5.74, 6) is -0.268. The molecule has 0 radical (unpaired) electrons. The normalized spacial score (nSPS) is 17.7. The maximum Gasteiger partial charge on any atom is 0.325 e. The lowest BCUT2D eigenvalue weighted by molar-refractivity contribution is -0.134. The molecule has 0 unspecified atom stereocenters. The number of benzene rings is 3. The van der Waals surface area contributed by atoms with Crippen LogP contribution in [0.3, 0.4) is 0 Å². The van der Waals surface area contributed by atoms with Crippen LogP contribution in [-0.4, -0.2) is 36.4 Å². The summed E-state index contributed by atoms with van der Waals surface area (Å²) in [6, 6.07) is 24.8. The first-order chi connectivity index (χ1) is 15.5. The Morgan fingerprint density at radius 1 is 0.938 bits per heavy atom. The number of urea groups is 1. The third-order valence-electron chi connectivity index (χ3n) is 5.43. The Bertz CT molecular complexity index is 1120. The van der Waals surface area contributed by atoms with Gasteiger partial charge in [-0.15, -0.1) is 0 Å². The van der Waals surface area contributed by atoms with Crippen molar-refractivity contribution in [2.24, 2.45) is 0 Å². The molecule has 1 aliphatic heterocycles. The molecule has 0 aliphatic carbocycles. The van der Waals surface area contributed by atoms with Crippen molar-refractivity contribution in [3.05, 3.63) is 96.1 Å². The number of nitrogens with one attached hydrogen (secondary N) is 2. The quantitative estimate of drug-likeness (QED) is 0.564. The highest BCUT2D eigenvalue weighted by atomic mass is 16.5. The van der Waals surface area contributed by atoms with E-state index in [2.05, 4.69) is 10.6 Å². The highest BCUT2D eigenvalue weighted by Gasteiger charge is 2.52. The van der Waals surface area contributed by atoms with Crippen LogP contribution in [-0.2, 0) is 21.5 Å². The first kappa shape index (κ1) is 21.1. The maximum atomic E-state index is 13.6. The summed E-state index contributed by atoms with van der Waals surface area (Å²) in [6.45, 7) is -0.389. The number of rotatable bonds is 7. The predicted octanol–water partition coefficient (Wildman–Crippen LogP) is 3.32. The molecule has 2 N–H and O–H groups in total. The van der Waals surface area contributed by atoms with Gasteiger partial charge in [0.05, 0.1) is 7.11 Å². The Balaban J connectivity index is 1.57. The number of hydrogen-bond donors (Lipinski definition) is 2. The Labute approximate surface area is 186 Å². The number of imide groups is 1. The van der Waals surface area contributed by atoms with Gasteiger partial charge in [0, 0.05) is 12.1 Å². The number of anilines is 1. The van der Waals surface area contributed by atoms with Crippen molar-refractivity contribution in [1.82, 2.24) is 10.2 Å². The van der Waals surface area contributed by atoms with Gasteiger partial charge in [-0.1, -0.05) is 60.7 Å². The van der Waals surface area contributed by atoms with E-state index in [0.717, 1.165) is 10.5 Å². The average molecular weight is 429 g/mol. The van der Waals surface area contributed by atoms with Crippen LogP contribution in [0.2, 0.25) is 0 Å². The number of carbonyl (C=O) groups is 3. The number of ether oxygens (including phenoxy) is 1. The summed E-state index contributed by atoms with van der Waals surface area (Å²) in [4.78, 5) is 40.0. The van der Waals surface area contributed by atoms with Crippen LogP contribution in [0.25, 0.3) is 0 Å². The van der Waals surface area contributed by atoms with Crippen molar-refractivity contribution in [2.45, 2.75) is 12.0 Å². The van der Waals surface area contributed by atoms with E-state index in [1.54, 1.807) is 31.4 Å². The van der Waals surface area contributed by atoms with Gasteiger partial charge in [0.25, 0.3) is 5.91 Å². The standard InChI is InChI=1S/C25H23N3O4/c1-32-21-14-12-20(13-15-21)26-22(29)17-28-23(30)25(27-24(28)31,19-10-6-3-7-11-19)16-18-8-4-2-5-9-18/h2-15H,16-17H2,1H3,(H,26,29)(H,27,31)/t25-/m0/s1. The largest absolute Gasteiger partial charge is 0.497 e. The average Bonchev–Trinajstić information content (AvgIpc) is 3.05. The molecule has 3 aromatic carbocycles. The molecular formula is C25H23N3O4. The summed E-state index contributed by atoms with van der Waals surface area (Å²) >= 11 is 0. The fraction of sp³-hybridized carbons (Fsp3) is 0.160. The smallest absolute Gasteiger partial charge is 0.325 e. The van der Waals surface area contributed by atoms with Gasteiger partial charge >= 0.3 is 6.03 Å². The Hall–Kier alpha value is -4.13. The molecule has 0 bridgehead atoms. The number of carbonyl (C=O) groups excluding carboxylic acids is 3. The van der Waals surface area contributed by atoms with Crippen molar-refractivity contribution in [3.8, 4) is 5.75 Å². The van der Waals surface area contributed by atoms with Gasteiger partial charge in [0.2, 0.25) is 5.91 Å². The topological polar surface area (TPSA) is 87.7 Å². The third-order valence-corrected chi connectivity index (χ3v) is 5.43. The highest BCUT2D eigenvalue weighted by molar-refractivity contribution is 6.10. The monoisotopic (exact) mass is 429 g/mol. The van der Waals surface area contributed by atoms with Crippen molar-refractivity contribution in [3.63, 3.8) is 0 Å². The number of methoxy groups -OCH3 is 1. The second kappa shape index (κ2) is 8.93. The molecule has 1 saturated heterocycles. The van der Waals surface area contributed by atoms with Gasteiger partial charge in [-0.25, -0.2) is 4.79 Å². The van der Waals surface area contributed by atoms with Crippen LogP contribution < -0.4 is 15.4 Å². The van der Waals surface area contributed by atoms with E-state index >= 15 is 0 Å². The summed E-state index contributed by atoms with van der Waals surface area (Å²) in [5.41, 5.74) is 0.830. The van der Waals surface area contributed by atoms with E-state index in [4.69, 9.17) is 4.74 Å². The van der Waals surface area contributed by atoms with Gasteiger partial charge < -0.3 is 15.4 Å². The lowest BCUT2D eigenvalue weighted by atomic mass is 9.83. The van der Waals surface area contributed by atoms with E-state index < -0.39 is 23.4 Å². The summed E-state index contributed by atoms with van der Waals surface area (Å²) in [6.07, 6.45) is 0.277. The number of hydrogen-bond acceptors (Lipinski definition) is 4. The van der Waals surface area contributed by atoms with Crippen LogP contribution in [0.15, 0.2) is 84.9 Å². The van der Waals surface area contributed by atoms with Crippen molar-refractivity contribution >= 4 is 23.5 Å². The van der Waals surface area contributed by atoms with Crippen molar-refractivity contribution in [1.29, 1.82) is 0 Å². The third kappa shape index (κ3) is 4.18. The fourth-order valence-electron chi connectivity index (χ4n) is 3.83. The van der Waals surface area contributed by atoms with Crippen LogP contribution in [0.1, 0.15) is 11.1 Å². The van der Waals surface area contributed by atoms with E-state index in [1.165, 1.54) is 0 Å². The first-order valence-electron chi connectivity index (χ1n) is 10.2. The molecule has 3 aromatic rings. The van der Waals surface area contributed by atoms with Gasteiger partial charge in [0.15, 0.2) is 5.54 Å². The maximum absolute atomic E-state index is 13.6. The molecule has 1 atom stereocenters. The molecule has 0 spiro atoms. The summed E-state index contributed by atoms with van der Waals surface area (Å²) in [5, 5.41) is 5.57. The van der Waals surface area contributed by atoms with E-state index in [9.17, 15) is 14.4 Å². The SMILES string of the molecule is COc1ccc(NC(=O)CN2C(=O)N[C@@](Cc3ccccc3)(c3ccccc3)C2=O)cc1. The Morgan fingerprint density at radius 2 is 1.56 bits per heavy atom. The summed E-state index contributed by atoms with van der Waals surface area (Å²) < 4.78 is 5.11. The molecule has 7 heteroatoms. The zero-order valence-corrected chi connectivity index (χ0v) is 17.6. The predicted molar refractivity (Wildman–Crippen MR) is 120 cm³/mol. The first-order valence-corrected chi connectivity index (χ1v) is 10.2. The number of amides is 4. The van der Waals surface area contributed by atoms with Crippen molar-refractivity contribution in [2.75, 3.05) is 19.0 Å². The molecule has 7 nitrogen and oxygen atoms in total. The van der Waals surface area contributed by atoms with Gasteiger partial charge in [-0.05, 0) is 35.4 Å². The van der Waals surface area contributed by atoms with Crippen LogP contribution in [0, 0.1) is 0 Å². The van der Waals surface area contributed by atoms with Gasteiger partial charge in [0.1, 0.15) is 12.3 Å². The Kier molecular flexibility index (Phi) is 5.89. The minimum atomic E-state index is -1.28. The molecule has 0 aromatic heterocycles. The summed E-state index contributed by atoms with van der Waals surface area (Å²) in [7, 11) is 1.56. The Morgan fingerprint density at radius 3 is 2.19 bits per heavy atom. The van der Waals surface area contributed by atoms with E-state index in [-0.39, 0.29) is 13.0 Å². The van der Waals surface area contributed by atoms with E-state index in [0.29, 0.717) is 17.0 Å². The molecular weight excluding hydrogens is 406 g/mol. The lowest BCUT2D eigenvalue weighted by Crippen LogP contribution is -2.46. The molecule has 1 aliphatic rings. The molecule has 1 fully saturated rings. The zero-order valence-electron chi connectivity index (χ0n) is 17.6. The van der Waals surface area contributed by atoms with Crippen molar-refractivity contribution < 1.29 is 19.1 Å². The zero-order chi connectivity index (χ0) is 22.6.